The van der Waals surface area contributed by atoms with Crippen LogP contribution in [0.2, 0.25) is 0 Å². The Hall–Kier alpha value is -1.62. The van der Waals surface area contributed by atoms with Crippen LogP contribution in [0.15, 0.2) is 18.2 Å². The number of likely N-dealkylation sites (N-methyl/N-ethyl adjacent to an activating group) is 1. The standard InChI is InChI=1S/C11H17N3O2/c1-9-4-5-11(14(15)16)10(8-9)12-6-7-13(2)3/h4-5,8,12H,6-7H2,1-3H3. The summed E-state index contributed by atoms with van der Waals surface area (Å²) in [5.74, 6) is 0. The van der Waals surface area contributed by atoms with E-state index in [1.54, 1.807) is 12.1 Å². The number of nitrogens with one attached hydrogen (secondary N) is 1. The number of anilines is 1. The van der Waals surface area contributed by atoms with Gasteiger partial charge in [-0.15, -0.1) is 0 Å². The SMILES string of the molecule is Cc1ccc([N+](=O)[O-])c(NCCN(C)C)c1. The van der Waals surface area contributed by atoms with Gasteiger partial charge in [-0.25, -0.2) is 0 Å². The maximum Gasteiger partial charge on any atom is 0.292 e. The molecule has 1 N–H and O–H groups in total. The maximum atomic E-state index is 10.8. The zero-order chi connectivity index (χ0) is 12.1. The first-order valence-corrected chi connectivity index (χ1v) is 5.14. The summed E-state index contributed by atoms with van der Waals surface area (Å²) in [5.41, 5.74) is 1.73. The molecule has 0 aliphatic carbocycles. The van der Waals surface area contributed by atoms with Crippen molar-refractivity contribution in [3.8, 4) is 0 Å². The van der Waals surface area contributed by atoms with E-state index in [1.165, 1.54) is 6.07 Å². The number of aryl methyl sites for hydroxylation is 1. The average Bonchev–Trinajstić information content (AvgIpc) is 2.16. The molecule has 0 fully saturated rings. The summed E-state index contributed by atoms with van der Waals surface area (Å²) in [4.78, 5) is 12.4. The molecule has 0 aliphatic heterocycles. The quantitative estimate of drug-likeness (QED) is 0.611. The largest absolute Gasteiger partial charge is 0.378 e. The summed E-state index contributed by atoms with van der Waals surface area (Å²) in [6, 6.07) is 5.08. The molecule has 0 unspecified atom stereocenters. The van der Waals surface area contributed by atoms with Gasteiger partial charge in [0.05, 0.1) is 4.92 Å². The molecule has 0 atom stereocenters. The van der Waals surface area contributed by atoms with Crippen molar-refractivity contribution in [3.05, 3.63) is 33.9 Å². The molecule has 1 rings (SSSR count). The number of nitro groups is 1. The van der Waals surface area contributed by atoms with Crippen LogP contribution in [-0.2, 0) is 0 Å². The molecule has 0 heterocycles. The highest BCUT2D eigenvalue weighted by Gasteiger charge is 2.12. The second-order valence-corrected chi connectivity index (χ2v) is 4.01. The van der Waals surface area contributed by atoms with Gasteiger partial charge in [-0.05, 0) is 32.6 Å². The highest BCUT2D eigenvalue weighted by atomic mass is 16.6. The maximum absolute atomic E-state index is 10.8. The molecule has 88 valence electrons. The van der Waals surface area contributed by atoms with Crippen LogP contribution in [0.5, 0.6) is 0 Å². The Morgan fingerprint density at radius 2 is 2.12 bits per heavy atom. The Labute approximate surface area is 95.2 Å². The predicted molar refractivity (Wildman–Crippen MR) is 64.9 cm³/mol. The molecule has 1 aromatic rings. The third-order valence-electron chi connectivity index (χ3n) is 2.22. The first-order valence-electron chi connectivity index (χ1n) is 5.14. The topological polar surface area (TPSA) is 58.4 Å². The molecule has 0 aromatic heterocycles. The van der Waals surface area contributed by atoms with Crippen molar-refractivity contribution in [3.63, 3.8) is 0 Å². The second-order valence-electron chi connectivity index (χ2n) is 4.01. The van der Waals surface area contributed by atoms with Crippen LogP contribution >= 0.6 is 0 Å². The minimum Gasteiger partial charge on any atom is -0.378 e. The van der Waals surface area contributed by atoms with E-state index in [4.69, 9.17) is 0 Å². The van der Waals surface area contributed by atoms with E-state index in [0.29, 0.717) is 12.2 Å². The number of rotatable bonds is 5. The first kappa shape index (κ1) is 12.4. The molecule has 0 saturated carbocycles. The van der Waals surface area contributed by atoms with Gasteiger partial charge in [0.15, 0.2) is 0 Å². The second kappa shape index (κ2) is 5.46. The Balaban J connectivity index is 2.76. The summed E-state index contributed by atoms with van der Waals surface area (Å²) in [6.45, 7) is 3.45. The fourth-order valence-electron chi connectivity index (χ4n) is 1.36. The Morgan fingerprint density at radius 1 is 1.44 bits per heavy atom. The summed E-state index contributed by atoms with van der Waals surface area (Å²) < 4.78 is 0. The van der Waals surface area contributed by atoms with Gasteiger partial charge in [0, 0.05) is 19.2 Å². The number of hydrogen-bond donors (Lipinski definition) is 1. The summed E-state index contributed by atoms with van der Waals surface area (Å²) in [5, 5.41) is 13.9. The van der Waals surface area contributed by atoms with E-state index in [2.05, 4.69) is 5.32 Å². The zero-order valence-corrected chi connectivity index (χ0v) is 9.86. The van der Waals surface area contributed by atoms with Crippen LogP contribution in [0, 0.1) is 17.0 Å². The number of benzene rings is 1. The van der Waals surface area contributed by atoms with Gasteiger partial charge < -0.3 is 10.2 Å². The number of nitro benzene ring substituents is 1. The zero-order valence-electron chi connectivity index (χ0n) is 9.86. The van der Waals surface area contributed by atoms with Crippen molar-refractivity contribution in [1.29, 1.82) is 0 Å². The van der Waals surface area contributed by atoms with Crippen LogP contribution in [0.3, 0.4) is 0 Å². The van der Waals surface area contributed by atoms with E-state index < -0.39 is 0 Å². The normalized spacial score (nSPS) is 10.5. The predicted octanol–water partition coefficient (Wildman–Crippen LogP) is 1.88. The number of nitrogens with zero attached hydrogens (tertiary/aromatic N) is 2. The van der Waals surface area contributed by atoms with E-state index in [1.807, 2.05) is 25.9 Å². The molecular formula is C11H17N3O2. The van der Waals surface area contributed by atoms with Crippen molar-refractivity contribution >= 4 is 11.4 Å². The Bertz CT molecular complexity index is 377. The van der Waals surface area contributed by atoms with Crippen molar-refractivity contribution in [2.24, 2.45) is 0 Å². The molecule has 0 saturated heterocycles. The van der Waals surface area contributed by atoms with Gasteiger partial charge in [0.2, 0.25) is 0 Å². The monoisotopic (exact) mass is 223 g/mol. The fourth-order valence-corrected chi connectivity index (χ4v) is 1.36. The van der Waals surface area contributed by atoms with E-state index in [-0.39, 0.29) is 10.6 Å². The van der Waals surface area contributed by atoms with E-state index in [9.17, 15) is 10.1 Å². The fraction of sp³-hybridized carbons (Fsp3) is 0.455. The minimum absolute atomic E-state index is 0.129. The van der Waals surface area contributed by atoms with E-state index in [0.717, 1.165) is 12.1 Å². The van der Waals surface area contributed by atoms with Crippen molar-refractivity contribution in [2.45, 2.75) is 6.92 Å². The van der Waals surface area contributed by atoms with Gasteiger partial charge in [0.25, 0.3) is 5.69 Å². The lowest BCUT2D eigenvalue weighted by Gasteiger charge is -2.11. The van der Waals surface area contributed by atoms with Gasteiger partial charge in [-0.3, -0.25) is 10.1 Å². The Morgan fingerprint density at radius 3 is 2.69 bits per heavy atom. The lowest BCUT2D eigenvalue weighted by molar-refractivity contribution is -0.384. The van der Waals surface area contributed by atoms with Crippen molar-refractivity contribution in [1.82, 2.24) is 4.90 Å². The van der Waals surface area contributed by atoms with Crippen molar-refractivity contribution in [2.75, 3.05) is 32.5 Å². The molecule has 0 spiro atoms. The molecule has 0 amide bonds. The van der Waals surface area contributed by atoms with Gasteiger partial charge in [-0.1, -0.05) is 6.07 Å². The van der Waals surface area contributed by atoms with Gasteiger partial charge in [-0.2, -0.15) is 0 Å². The molecule has 0 aliphatic rings. The lowest BCUT2D eigenvalue weighted by atomic mass is 10.2. The third-order valence-corrected chi connectivity index (χ3v) is 2.22. The van der Waals surface area contributed by atoms with Crippen LogP contribution in [0.4, 0.5) is 11.4 Å². The van der Waals surface area contributed by atoms with Gasteiger partial charge in [0.1, 0.15) is 5.69 Å². The Kier molecular flexibility index (Phi) is 4.25. The molecule has 16 heavy (non-hydrogen) atoms. The third kappa shape index (κ3) is 3.51. The van der Waals surface area contributed by atoms with E-state index >= 15 is 0 Å². The first-order chi connectivity index (χ1) is 7.50. The minimum atomic E-state index is -0.364. The summed E-state index contributed by atoms with van der Waals surface area (Å²) >= 11 is 0. The molecule has 1 aromatic carbocycles. The molecule has 0 radical (unpaired) electrons. The average molecular weight is 223 g/mol. The molecule has 5 heteroatoms. The number of hydrogen-bond acceptors (Lipinski definition) is 4. The molecule has 5 nitrogen and oxygen atoms in total. The van der Waals surface area contributed by atoms with Crippen LogP contribution in [-0.4, -0.2) is 37.0 Å². The summed E-state index contributed by atoms with van der Waals surface area (Å²) in [7, 11) is 3.93. The highest BCUT2D eigenvalue weighted by molar-refractivity contribution is 5.62. The molecular weight excluding hydrogens is 206 g/mol. The van der Waals surface area contributed by atoms with Crippen LogP contribution in [0.1, 0.15) is 5.56 Å². The summed E-state index contributed by atoms with van der Waals surface area (Å²) in [6.07, 6.45) is 0. The lowest BCUT2D eigenvalue weighted by Crippen LogP contribution is -2.21. The molecule has 0 bridgehead atoms. The highest BCUT2D eigenvalue weighted by Crippen LogP contribution is 2.24. The smallest absolute Gasteiger partial charge is 0.292 e. The van der Waals surface area contributed by atoms with Crippen LogP contribution in [0.25, 0.3) is 0 Å². The van der Waals surface area contributed by atoms with Gasteiger partial charge >= 0.3 is 0 Å². The van der Waals surface area contributed by atoms with Crippen molar-refractivity contribution < 1.29 is 4.92 Å². The van der Waals surface area contributed by atoms with Crippen LogP contribution < -0.4 is 5.32 Å².